The molecule has 4 aromatic rings. The zero-order valence-electron chi connectivity index (χ0n) is 24.4. The number of aryl methyl sites for hydroxylation is 1. The Bertz CT molecular complexity index is 1920. The predicted molar refractivity (Wildman–Crippen MR) is 163 cm³/mol. The second kappa shape index (κ2) is 9.73. The van der Waals surface area contributed by atoms with Gasteiger partial charge in [-0.3, -0.25) is 28.8 Å². The van der Waals surface area contributed by atoms with Crippen LogP contribution in [0.15, 0.2) is 35.4 Å². The van der Waals surface area contributed by atoms with E-state index in [0.717, 1.165) is 41.7 Å². The second-order valence-electron chi connectivity index (χ2n) is 12.4. The molecule has 0 spiro atoms. The molecule has 0 saturated heterocycles. The average molecular weight is 598 g/mol. The summed E-state index contributed by atoms with van der Waals surface area (Å²) in [5, 5.41) is 7.57. The van der Waals surface area contributed by atoms with Gasteiger partial charge in [-0.25, -0.2) is 4.98 Å². The zero-order valence-corrected chi connectivity index (χ0v) is 25.2. The van der Waals surface area contributed by atoms with E-state index in [0.29, 0.717) is 35.9 Å². The molecule has 11 nitrogen and oxygen atoms in total. The molecule has 0 unspecified atom stereocenters. The number of hydrogen-bond acceptors (Lipinski definition) is 8. The molecule has 43 heavy (non-hydrogen) atoms. The molecule has 6 heterocycles. The highest BCUT2D eigenvalue weighted by Gasteiger charge is 2.39. The van der Waals surface area contributed by atoms with Crippen molar-refractivity contribution in [3.05, 3.63) is 73.1 Å². The van der Waals surface area contributed by atoms with E-state index in [1.807, 2.05) is 6.07 Å². The number of nitrogens with one attached hydrogen (secondary N) is 1. The molecule has 1 aliphatic carbocycles. The SMILES string of the molecule is CN1Cc2cc(Nc3cc(-c4ccnc(N5CCc6c(sc7c6CC(C)(C)C7)C5=O)c4C=O)cn(C)c3=O)nn2CC1=O. The lowest BCUT2D eigenvalue weighted by Gasteiger charge is -2.28. The van der Waals surface area contributed by atoms with Crippen LogP contribution in [-0.4, -0.2) is 55.9 Å². The third-order valence-electron chi connectivity index (χ3n) is 8.59. The summed E-state index contributed by atoms with van der Waals surface area (Å²) in [6, 6.07) is 5.20. The fourth-order valence-electron chi connectivity index (χ4n) is 6.45. The number of nitrogens with zero attached hydrogens (tertiary/aromatic N) is 6. The molecule has 0 bridgehead atoms. The van der Waals surface area contributed by atoms with Gasteiger partial charge in [-0.1, -0.05) is 13.8 Å². The van der Waals surface area contributed by atoms with E-state index in [1.54, 1.807) is 64.4 Å². The van der Waals surface area contributed by atoms with Crippen LogP contribution in [0.3, 0.4) is 0 Å². The van der Waals surface area contributed by atoms with Gasteiger partial charge in [0.1, 0.15) is 18.1 Å². The summed E-state index contributed by atoms with van der Waals surface area (Å²) in [6.07, 6.45) is 6.65. The van der Waals surface area contributed by atoms with Crippen LogP contribution in [-0.2, 0) is 44.2 Å². The Hall–Kier alpha value is -4.58. The van der Waals surface area contributed by atoms with Gasteiger partial charge < -0.3 is 14.8 Å². The molecule has 4 aromatic heterocycles. The number of aldehydes is 1. The van der Waals surface area contributed by atoms with Crippen LogP contribution in [0.5, 0.6) is 0 Å². The van der Waals surface area contributed by atoms with Crippen molar-refractivity contribution in [1.82, 2.24) is 24.2 Å². The van der Waals surface area contributed by atoms with Crippen molar-refractivity contribution < 1.29 is 14.4 Å². The molecule has 0 atom stereocenters. The molecule has 0 aromatic carbocycles. The standard InChI is InChI=1S/C31H31N7O4S/c1-31(2)11-21-20-6-8-37(30(42)27(20)43-24(21)12-31)28-22(16-39)19(5-7-32-28)17-9-23(29(41)36(4)13-17)33-25-10-18-14-35(3)26(40)15-38(18)34-25/h5,7,9-10,13,16H,6,8,11-12,14-15H2,1-4H3,(H,33,34). The highest BCUT2D eigenvalue weighted by molar-refractivity contribution is 7.14. The van der Waals surface area contributed by atoms with E-state index in [4.69, 9.17) is 0 Å². The smallest absolute Gasteiger partial charge is 0.274 e. The minimum absolute atomic E-state index is 0.0366. The Morgan fingerprint density at radius 3 is 2.67 bits per heavy atom. The van der Waals surface area contributed by atoms with Crippen LogP contribution in [0.2, 0.25) is 0 Å². The Kier molecular flexibility index (Phi) is 6.17. The van der Waals surface area contributed by atoms with E-state index < -0.39 is 0 Å². The molecule has 12 heteroatoms. The number of carbonyl (C=O) groups is 3. The van der Waals surface area contributed by atoms with Crippen LogP contribution < -0.4 is 15.8 Å². The summed E-state index contributed by atoms with van der Waals surface area (Å²) >= 11 is 1.58. The normalized spacial score (nSPS) is 17.1. The first-order valence-electron chi connectivity index (χ1n) is 14.2. The minimum Gasteiger partial charge on any atom is -0.338 e. The van der Waals surface area contributed by atoms with Crippen molar-refractivity contribution in [2.24, 2.45) is 12.5 Å². The number of aromatic nitrogens is 4. The second-order valence-corrected chi connectivity index (χ2v) is 13.5. The molecule has 7 rings (SSSR count). The Balaban J connectivity index is 1.23. The van der Waals surface area contributed by atoms with Crippen LogP contribution in [0.25, 0.3) is 11.1 Å². The topological polar surface area (TPSA) is 122 Å². The van der Waals surface area contributed by atoms with Gasteiger partial charge >= 0.3 is 0 Å². The maximum Gasteiger partial charge on any atom is 0.274 e. The maximum atomic E-state index is 13.8. The van der Waals surface area contributed by atoms with Gasteiger partial charge in [0.25, 0.3) is 11.5 Å². The molecule has 2 aliphatic heterocycles. The molecule has 2 amide bonds. The summed E-state index contributed by atoms with van der Waals surface area (Å²) < 4.78 is 3.06. The summed E-state index contributed by atoms with van der Waals surface area (Å²) in [4.78, 5) is 61.3. The van der Waals surface area contributed by atoms with Crippen molar-refractivity contribution in [1.29, 1.82) is 0 Å². The summed E-state index contributed by atoms with van der Waals surface area (Å²) in [5.41, 5.74) is 4.99. The lowest BCUT2D eigenvalue weighted by Crippen LogP contribution is -2.38. The number of thiophene rings is 1. The quantitative estimate of drug-likeness (QED) is 0.349. The van der Waals surface area contributed by atoms with Crippen molar-refractivity contribution in [2.75, 3.05) is 23.8 Å². The van der Waals surface area contributed by atoms with E-state index >= 15 is 0 Å². The lowest BCUT2D eigenvalue weighted by molar-refractivity contribution is -0.132. The largest absolute Gasteiger partial charge is 0.338 e. The van der Waals surface area contributed by atoms with Crippen molar-refractivity contribution >= 4 is 46.8 Å². The number of pyridine rings is 2. The first-order chi connectivity index (χ1) is 20.5. The van der Waals surface area contributed by atoms with Gasteiger partial charge in [-0.2, -0.15) is 5.10 Å². The average Bonchev–Trinajstić information content (AvgIpc) is 3.60. The van der Waals surface area contributed by atoms with E-state index in [2.05, 4.69) is 29.2 Å². The predicted octanol–water partition coefficient (Wildman–Crippen LogP) is 3.56. The highest BCUT2D eigenvalue weighted by Crippen LogP contribution is 2.46. The minimum atomic E-state index is -0.280. The third kappa shape index (κ3) is 4.48. The maximum absolute atomic E-state index is 13.8. The highest BCUT2D eigenvalue weighted by atomic mass is 32.1. The number of carbonyl (C=O) groups excluding carboxylic acids is 3. The summed E-state index contributed by atoms with van der Waals surface area (Å²) in [7, 11) is 3.38. The zero-order chi connectivity index (χ0) is 30.2. The van der Waals surface area contributed by atoms with Crippen molar-refractivity contribution in [3.8, 4) is 11.1 Å². The number of anilines is 3. The van der Waals surface area contributed by atoms with Crippen LogP contribution >= 0.6 is 11.3 Å². The molecular weight excluding hydrogens is 566 g/mol. The lowest BCUT2D eigenvalue weighted by atomic mass is 9.89. The molecular formula is C31H31N7O4S. The molecule has 220 valence electrons. The van der Waals surface area contributed by atoms with E-state index in [1.165, 1.54) is 15.0 Å². The van der Waals surface area contributed by atoms with Crippen LogP contribution in [0, 0.1) is 5.41 Å². The van der Waals surface area contributed by atoms with E-state index in [-0.39, 0.29) is 40.6 Å². The number of rotatable bonds is 5. The Morgan fingerprint density at radius 2 is 1.88 bits per heavy atom. The first kappa shape index (κ1) is 27.3. The third-order valence-corrected chi connectivity index (χ3v) is 9.85. The van der Waals surface area contributed by atoms with Gasteiger partial charge in [-0.05, 0) is 53.5 Å². The first-order valence-corrected chi connectivity index (χ1v) is 15.0. The van der Waals surface area contributed by atoms with Gasteiger partial charge in [0.05, 0.1) is 22.7 Å². The fourth-order valence-corrected chi connectivity index (χ4v) is 8.03. The number of fused-ring (bicyclic) bond motifs is 4. The number of likely N-dealkylation sites (N-methyl/N-ethyl adjacent to an activating group) is 1. The molecule has 3 aliphatic rings. The van der Waals surface area contributed by atoms with Gasteiger partial charge in [0, 0.05) is 49.5 Å². The fraction of sp³-hybridized carbons (Fsp3) is 0.355. The van der Waals surface area contributed by atoms with Crippen molar-refractivity contribution in [3.63, 3.8) is 0 Å². The van der Waals surface area contributed by atoms with Crippen molar-refractivity contribution in [2.45, 2.75) is 46.2 Å². The number of hydrogen-bond donors (Lipinski definition) is 1. The molecule has 1 N–H and O–H groups in total. The Labute approximate surface area is 251 Å². The monoisotopic (exact) mass is 597 g/mol. The van der Waals surface area contributed by atoms with Crippen LogP contribution in [0.4, 0.5) is 17.3 Å². The van der Waals surface area contributed by atoms with Gasteiger partial charge in [0.15, 0.2) is 12.1 Å². The van der Waals surface area contributed by atoms with Crippen LogP contribution in [0.1, 0.15) is 55.6 Å². The molecule has 0 saturated carbocycles. The van der Waals surface area contributed by atoms with Gasteiger partial charge in [0.2, 0.25) is 5.91 Å². The number of amides is 2. The Morgan fingerprint density at radius 1 is 1.07 bits per heavy atom. The summed E-state index contributed by atoms with van der Waals surface area (Å²) in [5.74, 6) is 0.600. The summed E-state index contributed by atoms with van der Waals surface area (Å²) in [6.45, 7) is 5.53. The molecule has 0 radical (unpaired) electrons. The van der Waals surface area contributed by atoms with E-state index in [9.17, 15) is 19.2 Å². The van der Waals surface area contributed by atoms with Gasteiger partial charge in [-0.15, -0.1) is 11.3 Å². The molecule has 0 fully saturated rings.